The summed E-state index contributed by atoms with van der Waals surface area (Å²) >= 11 is 5.96. The van der Waals surface area contributed by atoms with Gasteiger partial charge in [-0.15, -0.1) is 0 Å². The average molecular weight is 407 g/mol. The highest BCUT2D eigenvalue weighted by Crippen LogP contribution is 2.25. The summed E-state index contributed by atoms with van der Waals surface area (Å²) in [5.74, 6) is -1.14. The Labute approximate surface area is 172 Å². The number of rotatable bonds is 5. The van der Waals surface area contributed by atoms with E-state index in [1.54, 1.807) is 4.68 Å². The largest absolute Gasteiger partial charge is 0.457 e. The van der Waals surface area contributed by atoms with Crippen molar-refractivity contribution >= 4 is 17.6 Å². The highest BCUT2D eigenvalue weighted by Gasteiger charge is 2.17. The number of nitrogens with zero attached hydrogens (tertiary/aromatic N) is 2. The minimum Gasteiger partial charge on any atom is -0.457 e. The van der Waals surface area contributed by atoms with E-state index in [-0.39, 0.29) is 17.2 Å². The van der Waals surface area contributed by atoms with E-state index in [2.05, 4.69) is 5.10 Å². The van der Waals surface area contributed by atoms with Gasteiger partial charge in [-0.05, 0) is 30.3 Å². The van der Waals surface area contributed by atoms with Gasteiger partial charge >= 0.3 is 5.97 Å². The van der Waals surface area contributed by atoms with Gasteiger partial charge in [0.15, 0.2) is 0 Å². The van der Waals surface area contributed by atoms with Crippen LogP contribution in [0.1, 0.15) is 15.9 Å². The van der Waals surface area contributed by atoms with Gasteiger partial charge in [-0.2, -0.15) is 5.10 Å². The number of hydrogen-bond acceptors (Lipinski definition) is 3. The van der Waals surface area contributed by atoms with E-state index < -0.39 is 11.8 Å². The summed E-state index contributed by atoms with van der Waals surface area (Å²) in [4.78, 5) is 12.4. The van der Waals surface area contributed by atoms with Gasteiger partial charge in [0.1, 0.15) is 12.4 Å². The fraction of sp³-hybridized carbons (Fsp3) is 0.0435. The molecular weight excluding hydrogens is 391 g/mol. The summed E-state index contributed by atoms with van der Waals surface area (Å²) in [6, 6.07) is 22.9. The third-order valence-electron chi connectivity index (χ3n) is 4.37. The van der Waals surface area contributed by atoms with Crippen LogP contribution in [-0.4, -0.2) is 15.7 Å². The van der Waals surface area contributed by atoms with Crippen LogP contribution < -0.4 is 0 Å². The molecule has 4 nitrogen and oxygen atoms in total. The Hall–Kier alpha value is -3.44. The molecule has 0 aliphatic carbocycles. The Balaban J connectivity index is 1.63. The molecule has 144 valence electrons. The number of benzene rings is 3. The average Bonchev–Trinajstić information content (AvgIpc) is 3.18. The number of ether oxygens (including phenoxy) is 1. The summed E-state index contributed by atoms with van der Waals surface area (Å²) in [5.41, 5.74) is 3.38. The minimum absolute atomic E-state index is 0.00357. The van der Waals surface area contributed by atoms with E-state index >= 15 is 0 Å². The van der Waals surface area contributed by atoms with E-state index in [9.17, 15) is 9.18 Å². The van der Waals surface area contributed by atoms with Crippen LogP contribution in [0.15, 0.2) is 85.1 Å². The first-order valence-corrected chi connectivity index (χ1v) is 9.31. The summed E-state index contributed by atoms with van der Waals surface area (Å²) in [5, 5.41) is 4.69. The summed E-state index contributed by atoms with van der Waals surface area (Å²) in [6.45, 7) is 0.00357. The second-order valence-corrected chi connectivity index (χ2v) is 6.76. The van der Waals surface area contributed by atoms with Gasteiger partial charge in [0.2, 0.25) is 0 Å². The van der Waals surface area contributed by atoms with E-state index in [1.165, 1.54) is 12.1 Å². The normalized spacial score (nSPS) is 10.7. The summed E-state index contributed by atoms with van der Waals surface area (Å²) in [6.07, 6.45) is 1.83. The molecule has 3 aromatic carbocycles. The first kappa shape index (κ1) is 18.9. The molecule has 1 aromatic heterocycles. The molecule has 0 saturated carbocycles. The number of carbonyl (C=O) groups is 1. The SMILES string of the molecule is O=C(OCc1cn(-c2ccccc2)nc1-c1ccccc1)c1ccc(F)cc1Cl. The van der Waals surface area contributed by atoms with E-state index in [4.69, 9.17) is 16.3 Å². The molecule has 0 spiro atoms. The number of esters is 1. The highest BCUT2D eigenvalue weighted by molar-refractivity contribution is 6.33. The molecule has 0 radical (unpaired) electrons. The molecule has 0 amide bonds. The predicted octanol–water partition coefficient (Wildman–Crippen LogP) is 5.69. The molecule has 0 N–H and O–H groups in total. The first-order valence-electron chi connectivity index (χ1n) is 8.93. The van der Waals surface area contributed by atoms with Crippen molar-refractivity contribution in [3.05, 3.63) is 107 Å². The van der Waals surface area contributed by atoms with E-state index in [0.717, 1.165) is 22.9 Å². The van der Waals surface area contributed by atoms with Gasteiger partial charge < -0.3 is 4.74 Å². The van der Waals surface area contributed by atoms with Crippen molar-refractivity contribution in [1.29, 1.82) is 0 Å². The molecule has 0 saturated heterocycles. The third-order valence-corrected chi connectivity index (χ3v) is 4.68. The molecule has 0 fully saturated rings. The zero-order valence-corrected chi connectivity index (χ0v) is 16.0. The predicted molar refractivity (Wildman–Crippen MR) is 110 cm³/mol. The zero-order chi connectivity index (χ0) is 20.2. The lowest BCUT2D eigenvalue weighted by molar-refractivity contribution is 0.0473. The Bertz CT molecular complexity index is 1140. The van der Waals surface area contributed by atoms with Crippen molar-refractivity contribution in [1.82, 2.24) is 9.78 Å². The van der Waals surface area contributed by atoms with Crippen LogP contribution in [0.5, 0.6) is 0 Å². The van der Waals surface area contributed by atoms with Crippen LogP contribution in [-0.2, 0) is 11.3 Å². The second-order valence-electron chi connectivity index (χ2n) is 6.35. The molecule has 0 aliphatic rings. The molecule has 4 rings (SSSR count). The minimum atomic E-state index is -0.624. The Kier molecular flexibility index (Phi) is 5.40. The van der Waals surface area contributed by atoms with Crippen LogP contribution in [0.25, 0.3) is 16.9 Å². The maximum absolute atomic E-state index is 13.2. The van der Waals surface area contributed by atoms with E-state index in [1.807, 2.05) is 66.9 Å². The van der Waals surface area contributed by atoms with Crippen LogP contribution >= 0.6 is 11.6 Å². The molecule has 1 heterocycles. The van der Waals surface area contributed by atoms with E-state index in [0.29, 0.717) is 5.69 Å². The van der Waals surface area contributed by atoms with Crippen LogP contribution in [0.3, 0.4) is 0 Å². The number of para-hydroxylation sites is 1. The fourth-order valence-corrected chi connectivity index (χ4v) is 3.19. The molecule has 0 bridgehead atoms. The monoisotopic (exact) mass is 406 g/mol. The Morgan fingerprint density at radius 2 is 1.69 bits per heavy atom. The Morgan fingerprint density at radius 3 is 2.38 bits per heavy atom. The van der Waals surface area contributed by atoms with Gasteiger partial charge in [0, 0.05) is 17.3 Å². The van der Waals surface area contributed by atoms with Crippen LogP contribution in [0, 0.1) is 5.82 Å². The van der Waals surface area contributed by atoms with Gasteiger partial charge in [-0.25, -0.2) is 13.9 Å². The number of halogens is 2. The Morgan fingerprint density at radius 1 is 1.00 bits per heavy atom. The molecule has 0 aliphatic heterocycles. The molecule has 6 heteroatoms. The molecular formula is C23H16ClFN2O2. The topological polar surface area (TPSA) is 44.1 Å². The lowest BCUT2D eigenvalue weighted by Crippen LogP contribution is -2.06. The van der Waals surface area contributed by atoms with Gasteiger partial charge in [-0.3, -0.25) is 0 Å². The van der Waals surface area contributed by atoms with Crippen molar-refractivity contribution in [2.45, 2.75) is 6.61 Å². The van der Waals surface area contributed by atoms with Gasteiger partial charge in [-0.1, -0.05) is 60.1 Å². The van der Waals surface area contributed by atoms with Crippen molar-refractivity contribution < 1.29 is 13.9 Å². The lowest BCUT2D eigenvalue weighted by Gasteiger charge is -2.07. The maximum atomic E-state index is 13.2. The summed E-state index contributed by atoms with van der Waals surface area (Å²) < 4.78 is 20.4. The lowest BCUT2D eigenvalue weighted by atomic mass is 10.1. The van der Waals surface area contributed by atoms with Gasteiger partial charge in [0.05, 0.1) is 22.0 Å². The number of aromatic nitrogens is 2. The van der Waals surface area contributed by atoms with Crippen LogP contribution in [0.4, 0.5) is 4.39 Å². The first-order chi connectivity index (χ1) is 14.1. The van der Waals surface area contributed by atoms with Crippen molar-refractivity contribution in [3.8, 4) is 16.9 Å². The van der Waals surface area contributed by atoms with Gasteiger partial charge in [0.25, 0.3) is 0 Å². The standard InChI is InChI=1S/C23H16ClFN2O2/c24-21-13-18(25)11-12-20(21)23(28)29-15-17-14-27(19-9-5-2-6-10-19)26-22(17)16-7-3-1-4-8-16/h1-14H,15H2. The van der Waals surface area contributed by atoms with Crippen LogP contribution in [0.2, 0.25) is 5.02 Å². The number of carbonyl (C=O) groups excluding carboxylic acids is 1. The fourth-order valence-electron chi connectivity index (χ4n) is 2.94. The highest BCUT2D eigenvalue weighted by atomic mass is 35.5. The molecule has 29 heavy (non-hydrogen) atoms. The zero-order valence-electron chi connectivity index (χ0n) is 15.3. The second kappa shape index (κ2) is 8.29. The van der Waals surface area contributed by atoms with Crippen molar-refractivity contribution in [2.24, 2.45) is 0 Å². The smallest absolute Gasteiger partial charge is 0.339 e. The number of hydrogen-bond donors (Lipinski definition) is 0. The molecule has 0 unspecified atom stereocenters. The molecule has 4 aromatic rings. The quantitative estimate of drug-likeness (QED) is 0.400. The summed E-state index contributed by atoms with van der Waals surface area (Å²) in [7, 11) is 0. The third kappa shape index (κ3) is 4.20. The molecule has 0 atom stereocenters. The van der Waals surface area contributed by atoms with Crippen molar-refractivity contribution in [2.75, 3.05) is 0 Å². The maximum Gasteiger partial charge on any atom is 0.339 e. The van der Waals surface area contributed by atoms with Crippen molar-refractivity contribution in [3.63, 3.8) is 0 Å².